The number of aromatic hydroxyl groups is 1. The fourth-order valence-corrected chi connectivity index (χ4v) is 6.46. The van der Waals surface area contributed by atoms with Gasteiger partial charge < -0.3 is 21.3 Å². The van der Waals surface area contributed by atoms with E-state index in [0.29, 0.717) is 21.7 Å². The van der Waals surface area contributed by atoms with Crippen LogP contribution in [0.1, 0.15) is 41.3 Å². The van der Waals surface area contributed by atoms with E-state index in [1.165, 1.54) is 6.92 Å². The first-order valence-corrected chi connectivity index (χ1v) is 12.8. The standard InChI is InChI=1S/C28H25ClN2O8/c1-11(32)31-10-14-8-17(12-2-4-16(29)5-3-12)18-7-13-6-15-9-19(33)22(27(30)38)26(37)28(15,39)25(36)20(13)24(35)21(18)23(14)34/h2-5,8,13,15,20,22,34,39H,6-7,9-10H2,1H3,(H2,30,38)(H,31,32)/t13-,15+,20?,22?,28+/m1/s1. The molecule has 3 aliphatic carbocycles. The highest BCUT2D eigenvalue weighted by Crippen LogP contribution is 2.51. The van der Waals surface area contributed by atoms with Crippen molar-refractivity contribution in [3.8, 4) is 16.9 Å². The number of Topliss-reactive ketones (excluding diaryl/α,β-unsaturated/α-hetero) is 4. The lowest BCUT2D eigenvalue weighted by Gasteiger charge is -2.48. The number of hydrogen-bond acceptors (Lipinski definition) is 8. The van der Waals surface area contributed by atoms with Crippen LogP contribution >= 0.6 is 11.6 Å². The van der Waals surface area contributed by atoms with Crippen molar-refractivity contribution in [2.75, 3.05) is 0 Å². The van der Waals surface area contributed by atoms with Gasteiger partial charge in [0.25, 0.3) is 0 Å². The highest BCUT2D eigenvalue weighted by atomic mass is 35.5. The smallest absolute Gasteiger partial charge is 0.235 e. The molecule has 0 saturated heterocycles. The first-order chi connectivity index (χ1) is 18.4. The molecule has 5 N–H and O–H groups in total. The van der Waals surface area contributed by atoms with Gasteiger partial charge >= 0.3 is 0 Å². The van der Waals surface area contributed by atoms with E-state index in [9.17, 15) is 39.0 Å². The van der Waals surface area contributed by atoms with Crippen LogP contribution in [-0.4, -0.2) is 50.8 Å². The summed E-state index contributed by atoms with van der Waals surface area (Å²) in [6, 6.07) is 8.46. The highest BCUT2D eigenvalue weighted by molar-refractivity contribution is 6.32. The Labute approximate surface area is 227 Å². The number of carbonyl (C=O) groups is 6. The second-order valence-electron chi connectivity index (χ2n) is 10.4. The number of carbonyl (C=O) groups excluding carboxylic acids is 6. The SMILES string of the molecule is CC(=O)NCc1cc(-c2ccc(Cl)cc2)c2c(c1O)C(=O)C1C(=O)[C@]3(O)C(=O)C(C(N)=O)C(=O)C[C@@H]3C[C@@H]1C2. The minimum Gasteiger partial charge on any atom is -0.507 e. The van der Waals surface area contributed by atoms with Crippen LogP contribution in [-0.2, 0) is 36.9 Å². The highest BCUT2D eigenvalue weighted by Gasteiger charge is 2.66. The van der Waals surface area contributed by atoms with Crippen molar-refractivity contribution in [1.29, 1.82) is 0 Å². The molecule has 10 nitrogen and oxygen atoms in total. The van der Waals surface area contributed by atoms with Gasteiger partial charge in [0.2, 0.25) is 11.8 Å². The maximum Gasteiger partial charge on any atom is 0.235 e. The van der Waals surface area contributed by atoms with Gasteiger partial charge in [0.15, 0.2) is 34.7 Å². The largest absolute Gasteiger partial charge is 0.507 e. The lowest BCUT2D eigenvalue weighted by atomic mass is 9.53. The Balaban J connectivity index is 1.65. The molecule has 5 atom stereocenters. The molecule has 2 unspecified atom stereocenters. The Hall–Kier alpha value is -3.89. The Kier molecular flexibility index (Phi) is 6.43. The monoisotopic (exact) mass is 552 g/mol. The minimum atomic E-state index is -2.72. The normalized spacial score (nSPS) is 27.9. The Bertz CT molecular complexity index is 1480. The van der Waals surface area contributed by atoms with Gasteiger partial charge in [-0.05, 0) is 53.6 Å². The molecule has 2 aromatic rings. The molecule has 2 amide bonds. The molecule has 0 radical (unpaired) electrons. The number of primary amides is 1. The quantitative estimate of drug-likeness (QED) is 0.409. The fourth-order valence-electron chi connectivity index (χ4n) is 6.33. The van der Waals surface area contributed by atoms with Gasteiger partial charge in [-0.1, -0.05) is 23.7 Å². The topological polar surface area (TPSA) is 181 Å². The number of nitrogens with two attached hydrogens (primary N) is 1. The summed E-state index contributed by atoms with van der Waals surface area (Å²) in [6.07, 6.45) is -0.274. The summed E-state index contributed by atoms with van der Waals surface area (Å²) >= 11 is 6.06. The lowest BCUT2D eigenvalue weighted by Crippen LogP contribution is -2.68. The van der Waals surface area contributed by atoms with Crippen molar-refractivity contribution in [2.45, 2.75) is 38.3 Å². The van der Waals surface area contributed by atoms with Crippen LogP contribution in [0.5, 0.6) is 5.75 Å². The molecule has 39 heavy (non-hydrogen) atoms. The number of rotatable bonds is 4. The molecular formula is C28H25ClN2O8. The summed E-state index contributed by atoms with van der Waals surface area (Å²) in [6.45, 7) is 1.20. The Morgan fingerprint density at radius 3 is 2.38 bits per heavy atom. The predicted octanol–water partition coefficient (Wildman–Crippen LogP) is 1.28. The Morgan fingerprint density at radius 1 is 1.10 bits per heavy atom. The van der Waals surface area contributed by atoms with Crippen molar-refractivity contribution in [3.05, 3.63) is 52.0 Å². The van der Waals surface area contributed by atoms with Crippen LogP contribution in [0.2, 0.25) is 5.02 Å². The van der Waals surface area contributed by atoms with E-state index in [1.54, 1.807) is 30.3 Å². The number of fused-ring (bicyclic) bond motifs is 3. The summed E-state index contributed by atoms with van der Waals surface area (Å²) < 4.78 is 0. The zero-order valence-electron chi connectivity index (χ0n) is 20.8. The number of ketones is 4. The molecule has 11 heteroatoms. The first-order valence-electron chi connectivity index (χ1n) is 12.4. The molecule has 0 aliphatic heterocycles. The molecule has 0 bridgehead atoms. The third-order valence-corrected chi connectivity index (χ3v) is 8.42. The number of phenolic OH excluding ortho intramolecular Hbond substituents is 1. The number of amides is 2. The summed E-state index contributed by atoms with van der Waals surface area (Å²) in [5, 5.41) is 25.6. The maximum absolute atomic E-state index is 13.9. The van der Waals surface area contributed by atoms with E-state index in [0.717, 1.165) is 0 Å². The second kappa shape index (κ2) is 9.39. The molecule has 0 spiro atoms. The molecule has 3 aliphatic rings. The molecule has 202 valence electrons. The van der Waals surface area contributed by atoms with Crippen LogP contribution in [0.4, 0.5) is 0 Å². The van der Waals surface area contributed by atoms with E-state index in [-0.39, 0.29) is 36.4 Å². The number of phenols is 1. The van der Waals surface area contributed by atoms with Crippen molar-refractivity contribution >= 4 is 46.5 Å². The maximum atomic E-state index is 13.9. The fraction of sp³-hybridized carbons (Fsp3) is 0.357. The van der Waals surface area contributed by atoms with Gasteiger partial charge in [0, 0.05) is 36.4 Å². The first kappa shape index (κ1) is 26.7. The van der Waals surface area contributed by atoms with Crippen LogP contribution in [0.15, 0.2) is 30.3 Å². The third kappa shape index (κ3) is 4.06. The number of benzene rings is 2. The predicted molar refractivity (Wildman–Crippen MR) is 136 cm³/mol. The molecular weight excluding hydrogens is 528 g/mol. The van der Waals surface area contributed by atoms with Crippen LogP contribution in [0.25, 0.3) is 11.1 Å². The van der Waals surface area contributed by atoms with E-state index >= 15 is 0 Å². The third-order valence-electron chi connectivity index (χ3n) is 8.16. The molecule has 0 heterocycles. The minimum absolute atomic E-state index is 0.00445. The average molecular weight is 553 g/mol. The van der Waals surface area contributed by atoms with Gasteiger partial charge in [0.1, 0.15) is 5.75 Å². The van der Waals surface area contributed by atoms with Gasteiger partial charge in [-0.3, -0.25) is 28.8 Å². The number of aliphatic hydroxyl groups is 1. The van der Waals surface area contributed by atoms with Gasteiger partial charge in [-0.15, -0.1) is 0 Å². The number of halogens is 1. The second-order valence-corrected chi connectivity index (χ2v) is 10.9. The molecule has 2 fully saturated rings. The van der Waals surface area contributed by atoms with Crippen LogP contribution < -0.4 is 11.1 Å². The van der Waals surface area contributed by atoms with Gasteiger partial charge in [-0.25, -0.2) is 0 Å². The molecule has 5 rings (SSSR count). The van der Waals surface area contributed by atoms with Crippen molar-refractivity contribution in [2.24, 2.45) is 29.4 Å². The van der Waals surface area contributed by atoms with Crippen LogP contribution in [0.3, 0.4) is 0 Å². The van der Waals surface area contributed by atoms with E-state index in [4.69, 9.17) is 17.3 Å². The summed E-state index contributed by atoms with van der Waals surface area (Å²) in [7, 11) is 0. The molecule has 2 aromatic carbocycles. The van der Waals surface area contributed by atoms with E-state index in [2.05, 4.69) is 5.32 Å². The summed E-state index contributed by atoms with van der Waals surface area (Å²) in [5.41, 5.74) is 4.33. The molecule has 2 saturated carbocycles. The van der Waals surface area contributed by atoms with Crippen molar-refractivity contribution < 1.29 is 39.0 Å². The molecule has 0 aromatic heterocycles. The van der Waals surface area contributed by atoms with Gasteiger partial charge in [0.05, 0.1) is 11.5 Å². The number of nitrogens with one attached hydrogen (secondary N) is 1. The van der Waals surface area contributed by atoms with Crippen molar-refractivity contribution in [1.82, 2.24) is 5.32 Å². The zero-order chi connectivity index (χ0) is 28.4. The Morgan fingerprint density at radius 2 is 1.77 bits per heavy atom. The lowest BCUT2D eigenvalue weighted by molar-refractivity contribution is -0.175. The number of hydrogen-bond donors (Lipinski definition) is 4. The average Bonchev–Trinajstić information content (AvgIpc) is 2.86. The van der Waals surface area contributed by atoms with Crippen LogP contribution in [0, 0.1) is 23.7 Å². The zero-order valence-corrected chi connectivity index (χ0v) is 21.6. The van der Waals surface area contributed by atoms with Crippen molar-refractivity contribution in [3.63, 3.8) is 0 Å². The van der Waals surface area contributed by atoms with E-state index in [1.807, 2.05) is 0 Å². The van der Waals surface area contributed by atoms with E-state index < -0.39 is 70.5 Å². The van der Waals surface area contributed by atoms with Gasteiger partial charge in [-0.2, -0.15) is 0 Å². The summed E-state index contributed by atoms with van der Waals surface area (Å²) in [5.74, 6) is -11.2. The summed E-state index contributed by atoms with van der Waals surface area (Å²) in [4.78, 5) is 76.7.